The van der Waals surface area contributed by atoms with Crippen LogP contribution in [0.25, 0.3) is 10.9 Å². The van der Waals surface area contributed by atoms with Crippen molar-refractivity contribution in [2.75, 3.05) is 6.61 Å². The Balaban J connectivity index is 1.82. The highest BCUT2D eigenvalue weighted by molar-refractivity contribution is 6.31. The molecule has 0 saturated carbocycles. The maximum absolute atomic E-state index is 9.00. The van der Waals surface area contributed by atoms with E-state index in [0.29, 0.717) is 11.4 Å². The van der Waals surface area contributed by atoms with E-state index in [9.17, 15) is 0 Å². The average molecular weight is 329 g/mol. The molecular formula is C18H17ClN2O2. The van der Waals surface area contributed by atoms with Crippen LogP contribution in [0.3, 0.4) is 0 Å². The average Bonchev–Trinajstić information content (AvgIpc) is 2.56. The van der Waals surface area contributed by atoms with E-state index in [1.165, 1.54) is 0 Å². The second-order valence-corrected chi connectivity index (χ2v) is 5.80. The van der Waals surface area contributed by atoms with E-state index >= 15 is 0 Å². The van der Waals surface area contributed by atoms with Gasteiger partial charge in [0, 0.05) is 22.6 Å². The fraction of sp³-hybridized carbons (Fsp3) is 0.167. The van der Waals surface area contributed by atoms with Gasteiger partial charge in [-0.05, 0) is 48.4 Å². The van der Waals surface area contributed by atoms with E-state index in [2.05, 4.69) is 4.98 Å². The highest BCUT2D eigenvalue weighted by Crippen LogP contribution is 2.30. The van der Waals surface area contributed by atoms with Crippen molar-refractivity contribution in [3.05, 3.63) is 65.3 Å². The first kappa shape index (κ1) is 15.7. The summed E-state index contributed by atoms with van der Waals surface area (Å²) in [4.78, 5) is 4.30. The summed E-state index contributed by atoms with van der Waals surface area (Å²) in [6.45, 7) is -0.0240. The molecule has 1 atom stereocenters. The van der Waals surface area contributed by atoms with Gasteiger partial charge in [0.15, 0.2) is 0 Å². The van der Waals surface area contributed by atoms with Crippen molar-refractivity contribution in [3.8, 4) is 11.5 Å². The summed E-state index contributed by atoms with van der Waals surface area (Å²) in [6, 6.07) is 14.8. The van der Waals surface area contributed by atoms with Gasteiger partial charge in [0.2, 0.25) is 0 Å². The summed E-state index contributed by atoms with van der Waals surface area (Å²) < 4.78 is 5.95. The molecule has 0 aliphatic carbocycles. The minimum absolute atomic E-state index is 0.0240. The van der Waals surface area contributed by atoms with E-state index in [4.69, 9.17) is 27.2 Å². The standard InChI is InChI=1S/C18H17ClN2O2/c19-13-3-6-16-17(10-13)21-8-7-18(16)23-15-4-1-12(2-5-15)9-14(20)11-22/h1-8,10,14,22H,9,11,20H2. The van der Waals surface area contributed by atoms with Crippen molar-refractivity contribution in [1.29, 1.82) is 0 Å². The third kappa shape index (κ3) is 3.79. The lowest BCUT2D eigenvalue weighted by atomic mass is 10.1. The minimum Gasteiger partial charge on any atom is -0.457 e. The number of fused-ring (bicyclic) bond motifs is 1. The monoisotopic (exact) mass is 328 g/mol. The number of hydrogen-bond donors (Lipinski definition) is 2. The van der Waals surface area contributed by atoms with Crippen molar-refractivity contribution in [2.45, 2.75) is 12.5 Å². The molecule has 4 nitrogen and oxygen atoms in total. The van der Waals surface area contributed by atoms with Crippen LogP contribution in [-0.2, 0) is 6.42 Å². The smallest absolute Gasteiger partial charge is 0.138 e. The first-order chi connectivity index (χ1) is 11.2. The van der Waals surface area contributed by atoms with Gasteiger partial charge in [-0.3, -0.25) is 4.98 Å². The van der Waals surface area contributed by atoms with Crippen molar-refractivity contribution in [1.82, 2.24) is 4.98 Å². The normalized spacial score (nSPS) is 12.3. The lowest BCUT2D eigenvalue weighted by molar-refractivity contribution is 0.265. The zero-order valence-corrected chi connectivity index (χ0v) is 13.2. The molecule has 0 spiro atoms. The van der Waals surface area contributed by atoms with Gasteiger partial charge in [-0.2, -0.15) is 0 Å². The largest absolute Gasteiger partial charge is 0.457 e. The molecule has 0 saturated heterocycles. The molecule has 1 unspecified atom stereocenters. The molecule has 0 aliphatic heterocycles. The van der Waals surface area contributed by atoms with Crippen LogP contribution in [0.4, 0.5) is 0 Å². The Morgan fingerprint density at radius 3 is 2.65 bits per heavy atom. The van der Waals surface area contributed by atoms with Gasteiger partial charge in [-0.15, -0.1) is 0 Å². The Morgan fingerprint density at radius 1 is 1.13 bits per heavy atom. The van der Waals surface area contributed by atoms with Gasteiger partial charge >= 0.3 is 0 Å². The number of rotatable bonds is 5. The Bertz CT molecular complexity index is 806. The molecule has 118 valence electrons. The van der Waals surface area contributed by atoms with Gasteiger partial charge in [-0.25, -0.2) is 0 Å². The molecule has 3 rings (SSSR count). The van der Waals surface area contributed by atoms with Gasteiger partial charge in [0.1, 0.15) is 11.5 Å². The Hall–Kier alpha value is -2.14. The quantitative estimate of drug-likeness (QED) is 0.751. The summed E-state index contributed by atoms with van der Waals surface area (Å²) in [5.74, 6) is 1.46. The van der Waals surface area contributed by atoms with Crippen LogP contribution >= 0.6 is 11.6 Å². The summed E-state index contributed by atoms with van der Waals surface area (Å²) in [7, 11) is 0. The lowest BCUT2D eigenvalue weighted by Gasteiger charge is -2.11. The molecule has 3 aromatic rings. The molecule has 0 amide bonds. The van der Waals surface area contributed by atoms with Crippen LogP contribution in [0.1, 0.15) is 5.56 Å². The first-order valence-electron chi connectivity index (χ1n) is 7.33. The number of nitrogens with zero attached hydrogens (tertiary/aromatic N) is 1. The summed E-state index contributed by atoms with van der Waals surface area (Å²) >= 11 is 5.99. The van der Waals surface area contributed by atoms with E-state index in [1.54, 1.807) is 6.20 Å². The molecule has 2 aromatic carbocycles. The van der Waals surface area contributed by atoms with E-state index in [-0.39, 0.29) is 12.6 Å². The van der Waals surface area contributed by atoms with Crippen LogP contribution < -0.4 is 10.5 Å². The molecule has 23 heavy (non-hydrogen) atoms. The number of aliphatic hydroxyl groups is 1. The van der Waals surface area contributed by atoms with E-state index in [0.717, 1.165) is 28.0 Å². The van der Waals surface area contributed by atoms with Crippen LogP contribution in [0.15, 0.2) is 54.7 Å². The molecule has 5 heteroatoms. The molecular weight excluding hydrogens is 312 g/mol. The Labute approximate surface area is 139 Å². The zero-order chi connectivity index (χ0) is 16.2. The number of aliphatic hydroxyl groups excluding tert-OH is 1. The van der Waals surface area contributed by atoms with Crippen LogP contribution in [0.2, 0.25) is 5.02 Å². The van der Waals surface area contributed by atoms with E-state index in [1.807, 2.05) is 48.5 Å². The molecule has 0 bridgehead atoms. The lowest BCUT2D eigenvalue weighted by Crippen LogP contribution is -2.26. The van der Waals surface area contributed by atoms with Crippen molar-refractivity contribution in [3.63, 3.8) is 0 Å². The summed E-state index contributed by atoms with van der Waals surface area (Å²) in [5.41, 5.74) is 7.59. The van der Waals surface area contributed by atoms with Gasteiger partial charge in [0.25, 0.3) is 0 Å². The highest BCUT2D eigenvalue weighted by atomic mass is 35.5. The Kier molecular flexibility index (Phi) is 4.76. The van der Waals surface area contributed by atoms with Crippen molar-refractivity contribution >= 4 is 22.5 Å². The number of pyridine rings is 1. The molecule has 1 aromatic heterocycles. The predicted molar refractivity (Wildman–Crippen MR) is 92.0 cm³/mol. The van der Waals surface area contributed by atoms with Crippen molar-refractivity contribution < 1.29 is 9.84 Å². The second kappa shape index (κ2) is 6.96. The third-order valence-electron chi connectivity index (χ3n) is 3.55. The Morgan fingerprint density at radius 2 is 1.91 bits per heavy atom. The minimum atomic E-state index is -0.240. The molecule has 1 heterocycles. The first-order valence-corrected chi connectivity index (χ1v) is 7.71. The number of aromatic nitrogens is 1. The number of halogens is 1. The number of benzene rings is 2. The molecule has 0 aliphatic rings. The summed E-state index contributed by atoms with van der Waals surface area (Å²) in [6.07, 6.45) is 2.33. The van der Waals surface area contributed by atoms with Crippen molar-refractivity contribution in [2.24, 2.45) is 5.73 Å². The predicted octanol–water partition coefficient (Wildman–Crippen LogP) is 3.54. The zero-order valence-electron chi connectivity index (χ0n) is 12.4. The van der Waals surface area contributed by atoms with Gasteiger partial charge in [-0.1, -0.05) is 23.7 Å². The fourth-order valence-electron chi connectivity index (χ4n) is 2.37. The molecule has 3 N–H and O–H groups in total. The van der Waals surface area contributed by atoms with Gasteiger partial charge in [0.05, 0.1) is 12.1 Å². The fourth-order valence-corrected chi connectivity index (χ4v) is 2.54. The van der Waals surface area contributed by atoms with Crippen LogP contribution in [0.5, 0.6) is 11.5 Å². The molecule has 0 radical (unpaired) electrons. The maximum atomic E-state index is 9.00. The van der Waals surface area contributed by atoms with E-state index < -0.39 is 0 Å². The van der Waals surface area contributed by atoms with Crippen LogP contribution in [-0.4, -0.2) is 22.7 Å². The number of ether oxygens (including phenoxy) is 1. The number of hydrogen-bond acceptors (Lipinski definition) is 4. The topological polar surface area (TPSA) is 68.4 Å². The number of nitrogens with two attached hydrogens (primary N) is 1. The highest BCUT2D eigenvalue weighted by Gasteiger charge is 2.06. The van der Waals surface area contributed by atoms with Crippen LogP contribution in [0, 0.1) is 0 Å². The van der Waals surface area contributed by atoms with Gasteiger partial charge < -0.3 is 15.6 Å². The third-order valence-corrected chi connectivity index (χ3v) is 3.78. The molecule has 0 fully saturated rings. The summed E-state index contributed by atoms with van der Waals surface area (Å²) in [5, 5.41) is 10.6. The SMILES string of the molecule is NC(CO)Cc1ccc(Oc2ccnc3cc(Cl)ccc23)cc1. The maximum Gasteiger partial charge on any atom is 0.138 e. The second-order valence-electron chi connectivity index (χ2n) is 5.36.